The lowest BCUT2D eigenvalue weighted by Gasteiger charge is -2.36. The van der Waals surface area contributed by atoms with Crippen molar-refractivity contribution in [1.29, 1.82) is 0 Å². The number of phenols is 1. The van der Waals surface area contributed by atoms with Crippen LogP contribution >= 0.6 is 0 Å². The molecule has 0 saturated carbocycles. The Balaban J connectivity index is 1.13. The number of aryl methyl sites for hydroxylation is 2. The SMILES string of the molecule is CCc1c(F)ccc2cc(O)cc(N3CCc4c(nc(OC[C@@]56CCCN5C[C@H](F)C6)nc4N4CCCCC(C(=O)n5ccc(C)n5)CC4)C3)c12. The number of hydrogen-bond acceptors (Lipinski definition) is 9. The molecule has 12 heteroatoms. The highest BCUT2D eigenvalue weighted by atomic mass is 19.1. The molecule has 2 aromatic heterocycles. The van der Waals surface area contributed by atoms with Crippen LogP contribution in [-0.2, 0) is 19.4 Å². The molecule has 51 heavy (non-hydrogen) atoms. The number of aromatic hydroxyl groups is 1. The molecule has 0 bridgehead atoms. The zero-order valence-electron chi connectivity index (χ0n) is 29.6. The Morgan fingerprint density at radius 1 is 1.06 bits per heavy atom. The standard InChI is InChI=1S/C39H47F2N7O3/c1-3-30-32(41)9-8-27-19-29(49)20-34(35(27)30)46-17-12-31-33(23-46)42-38(51-24-39-13-6-15-47(39)22-28(40)21-39)43-36(31)45-14-5-4-7-26(11-16-45)37(50)48-18-10-25(2)44-48/h8-10,18-20,26,28,49H,3-7,11-17,21-24H2,1-2H3/t26?,28-,39+/m1/s1. The molecule has 0 amide bonds. The summed E-state index contributed by atoms with van der Waals surface area (Å²) in [6, 6.07) is 8.73. The van der Waals surface area contributed by atoms with Gasteiger partial charge in [0, 0.05) is 67.4 Å². The highest BCUT2D eigenvalue weighted by Crippen LogP contribution is 2.42. The fourth-order valence-corrected chi connectivity index (χ4v) is 9.08. The fourth-order valence-electron chi connectivity index (χ4n) is 9.08. The summed E-state index contributed by atoms with van der Waals surface area (Å²) >= 11 is 0. The predicted octanol–water partition coefficient (Wildman–Crippen LogP) is 6.40. The molecule has 4 aliphatic rings. The average molecular weight is 700 g/mol. The Bertz CT molecular complexity index is 1950. The van der Waals surface area contributed by atoms with E-state index in [0.29, 0.717) is 64.0 Å². The van der Waals surface area contributed by atoms with E-state index in [2.05, 4.69) is 19.8 Å². The monoisotopic (exact) mass is 699 g/mol. The molecule has 3 saturated heterocycles. The number of aromatic nitrogens is 4. The zero-order valence-corrected chi connectivity index (χ0v) is 29.6. The normalized spacial score (nSPS) is 24.0. The van der Waals surface area contributed by atoms with Crippen molar-refractivity contribution in [3.8, 4) is 11.8 Å². The summed E-state index contributed by atoms with van der Waals surface area (Å²) < 4.78 is 37.7. The third kappa shape index (κ3) is 6.40. The maximum atomic E-state index is 15.1. The number of hydrogen-bond donors (Lipinski definition) is 1. The van der Waals surface area contributed by atoms with E-state index < -0.39 is 6.17 Å². The summed E-state index contributed by atoms with van der Waals surface area (Å²) in [4.78, 5) is 30.2. The molecular formula is C39H47F2N7O3. The van der Waals surface area contributed by atoms with E-state index in [1.54, 1.807) is 24.4 Å². The van der Waals surface area contributed by atoms with Crippen molar-refractivity contribution < 1.29 is 23.4 Å². The van der Waals surface area contributed by atoms with Gasteiger partial charge in [0.25, 0.3) is 0 Å². The first-order chi connectivity index (χ1) is 24.7. The minimum Gasteiger partial charge on any atom is -0.508 e. The maximum absolute atomic E-state index is 15.1. The highest BCUT2D eigenvalue weighted by Gasteiger charge is 2.49. The van der Waals surface area contributed by atoms with Gasteiger partial charge < -0.3 is 19.6 Å². The van der Waals surface area contributed by atoms with Gasteiger partial charge in [-0.15, -0.1) is 0 Å². The van der Waals surface area contributed by atoms with Crippen molar-refractivity contribution in [3.63, 3.8) is 0 Å². The molecule has 0 radical (unpaired) electrons. The van der Waals surface area contributed by atoms with Crippen LogP contribution in [0.4, 0.5) is 20.3 Å². The average Bonchev–Trinajstić information content (AvgIpc) is 3.80. The molecule has 270 valence electrons. The van der Waals surface area contributed by atoms with E-state index >= 15 is 4.39 Å². The summed E-state index contributed by atoms with van der Waals surface area (Å²) in [6.07, 6.45) is 7.75. The third-order valence-corrected chi connectivity index (χ3v) is 11.7. The summed E-state index contributed by atoms with van der Waals surface area (Å²) in [7, 11) is 0. The van der Waals surface area contributed by atoms with Crippen LogP contribution in [0.3, 0.4) is 0 Å². The number of rotatable bonds is 7. The van der Waals surface area contributed by atoms with Crippen molar-refractivity contribution in [2.24, 2.45) is 5.92 Å². The van der Waals surface area contributed by atoms with Crippen LogP contribution in [0.15, 0.2) is 36.5 Å². The summed E-state index contributed by atoms with van der Waals surface area (Å²) in [5.74, 6) is 0.580. The number of halogens is 2. The summed E-state index contributed by atoms with van der Waals surface area (Å²) in [6.45, 7) is 7.98. The van der Waals surface area contributed by atoms with Gasteiger partial charge in [0.2, 0.25) is 5.91 Å². The van der Waals surface area contributed by atoms with Crippen molar-refractivity contribution in [1.82, 2.24) is 24.6 Å². The lowest BCUT2D eigenvalue weighted by Crippen LogP contribution is -2.43. The minimum absolute atomic E-state index is 0.0265. The first-order valence-electron chi connectivity index (χ1n) is 18.6. The minimum atomic E-state index is -0.861. The number of nitrogens with zero attached hydrogens (tertiary/aromatic N) is 7. The van der Waals surface area contributed by atoms with Crippen molar-refractivity contribution in [3.05, 3.63) is 64.9 Å². The van der Waals surface area contributed by atoms with Crippen LogP contribution in [0.2, 0.25) is 0 Å². The van der Waals surface area contributed by atoms with Gasteiger partial charge >= 0.3 is 6.01 Å². The molecular weight excluding hydrogens is 652 g/mol. The van der Waals surface area contributed by atoms with Crippen LogP contribution in [0.25, 0.3) is 10.8 Å². The molecule has 1 unspecified atom stereocenters. The summed E-state index contributed by atoms with van der Waals surface area (Å²) in [5.41, 5.74) is 3.74. The van der Waals surface area contributed by atoms with Gasteiger partial charge in [-0.25, -0.2) is 13.5 Å². The van der Waals surface area contributed by atoms with Crippen molar-refractivity contribution >= 4 is 28.2 Å². The number of phenolic OH excluding ortho intramolecular Hbond substituents is 1. The fraction of sp³-hybridized carbons (Fsp3) is 0.538. The van der Waals surface area contributed by atoms with Gasteiger partial charge in [-0.05, 0) is 87.6 Å². The largest absolute Gasteiger partial charge is 0.508 e. The number of carbonyl (C=O) groups excluding carboxylic acids is 1. The molecule has 10 nitrogen and oxygen atoms in total. The molecule has 4 aromatic rings. The highest BCUT2D eigenvalue weighted by molar-refractivity contribution is 5.98. The van der Waals surface area contributed by atoms with Crippen LogP contribution in [0, 0.1) is 18.7 Å². The van der Waals surface area contributed by atoms with Gasteiger partial charge in [0.1, 0.15) is 30.2 Å². The molecule has 3 fully saturated rings. The lowest BCUT2D eigenvalue weighted by molar-refractivity contribution is 0.0798. The lowest BCUT2D eigenvalue weighted by atomic mass is 9.94. The van der Waals surface area contributed by atoms with Gasteiger partial charge in [-0.1, -0.05) is 19.4 Å². The topological polar surface area (TPSA) is 99.9 Å². The van der Waals surface area contributed by atoms with E-state index in [9.17, 15) is 14.3 Å². The Morgan fingerprint density at radius 2 is 1.94 bits per heavy atom. The van der Waals surface area contributed by atoms with Crippen LogP contribution in [0.5, 0.6) is 11.8 Å². The van der Waals surface area contributed by atoms with Crippen molar-refractivity contribution in [2.45, 2.75) is 89.9 Å². The number of fused-ring (bicyclic) bond motifs is 3. The van der Waals surface area contributed by atoms with Gasteiger partial charge in [-0.2, -0.15) is 15.1 Å². The molecule has 3 atom stereocenters. The number of alkyl halides is 1. The first kappa shape index (κ1) is 33.8. The number of ether oxygens (including phenoxy) is 1. The molecule has 8 rings (SSSR count). The predicted molar refractivity (Wildman–Crippen MR) is 192 cm³/mol. The number of benzene rings is 2. The van der Waals surface area contributed by atoms with Gasteiger partial charge in [0.05, 0.1) is 23.5 Å². The molecule has 0 aliphatic carbocycles. The van der Waals surface area contributed by atoms with E-state index in [4.69, 9.17) is 14.7 Å². The maximum Gasteiger partial charge on any atom is 0.318 e. The smallest absolute Gasteiger partial charge is 0.318 e. The molecule has 0 spiro atoms. The Hall–Kier alpha value is -4.32. The molecule has 4 aliphatic heterocycles. The second kappa shape index (κ2) is 13.7. The van der Waals surface area contributed by atoms with E-state index in [-0.39, 0.29) is 34.9 Å². The van der Waals surface area contributed by atoms with Crippen molar-refractivity contribution in [2.75, 3.05) is 49.1 Å². The molecule has 6 heterocycles. The van der Waals surface area contributed by atoms with Crippen LogP contribution in [0.1, 0.15) is 79.2 Å². The van der Waals surface area contributed by atoms with Crippen LogP contribution < -0.4 is 14.5 Å². The number of anilines is 2. The number of carbonyl (C=O) groups is 1. The Morgan fingerprint density at radius 3 is 2.76 bits per heavy atom. The molecule has 2 aromatic carbocycles. The van der Waals surface area contributed by atoms with E-state index in [1.807, 2.05) is 19.9 Å². The van der Waals surface area contributed by atoms with E-state index in [1.165, 1.54) is 10.7 Å². The zero-order chi connectivity index (χ0) is 35.3. The second-order valence-corrected chi connectivity index (χ2v) is 14.9. The quantitative estimate of drug-likeness (QED) is 0.235. The Kier molecular flexibility index (Phi) is 9.06. The van der Waals surface area contributed by atoms with Crippen LogP contribution in [-0.4, -0.2) is 86.7 Å². The van der Waals surface area contributed by atoms with Gasteiger partial charge in [-0.3, -0.25) is 9.69 Å². The summed E-state index contributed by atoms with van der Waals surface area (Å²) in [5, 5.41) is 16.7. The Labute approximate surface area is 297 Å². The first-order valence-corrected chi connectivity index (χ1v) is 18.6. The van der Waals surface area contributed by atoms with Gasteiger partial charge in [0.15, 0.2) is 0 Å². The third-order valence-electron chi connectivity index (χ3n) is 11.7. The molecule has 1 N–H and O–H groups in total. The van der Waals surface area contributed by atoms with E-state index in [0.717, 1.165) is 84.4 Å². The second-order valence-electron chi connectivity index (χ2n) is 14.9.